The molecule has 0 radical (unpaired) electrons. The summed E-state index contributed by atoms with van der Waals surface area (Å²) in [6.07, 6.45) is -6.21. The number of hydrogen-bond donors (Lipinski definition) is 2. The number of carboxylic acids is 1. The van der Waals surface area contributed by atoms with E-state index < -0.39 is 36.9 Å². The molecule has 0 heterocycles. The molecule has 0 fully saturated rings. The fraction of sp³-hybridized carbons (Fsp3) is 0.800. The van der Waals surface area contributed by atoms with Crippen molar-refractivity contribution in [2.75, 3.05) is 0 Å². The lowest BCUT2D eigenvalue weighted by Crippen LogP contribution is -2.41. The molecule has 0 aliphatic rings. The summed E-state index contributed by atoms with van der Waals surface area (Å²) >= 11 is 0. The van der Waals surface area contributed by atoms with E-state index in [1.165, 1.54) is 0 Å². The lowest BCUT2D eigenvalue weighted by Gasteiger charge is -2.16. The van der Waals surface area contributed by atoms with E-state index in [4.69, 9.17) is 5.11 Å². The minimum atomic E-state index is -4.41. The number of rotatable bonds is 6. The Morgan fingerprint density at radius 3 is 2.18 bits per heavy atom. The fourth-order valence-electron chi connectivity index (χ4n) is 1.21. The van der Waals surface area contributed by atoms with Crippen molar-refractivity contribution in [3.8, 4) is 0 Å². The van der Waals surface area contributed by atoms with Crippen LogP contribution in [-0.2, 0) is 9.59 Å². The highest BCUT2D eigenvalue weighted by molar-refractivity contribution is 5.83. The van der Waals surface area contributed by atoms with E-state index in [9.17, 15) is 22.8 Å². The Morgan fingerprint density at radius 1 is 1.29 bits per heavy atom. The zero-order valence-corrected chi connectivity index (χ0v) is 9.67. The predicted molar refractivity (Wildman–Crippen MR) is 54.3 cm³/mol. The van der Waals surface area contributed by atoms with Crippen LogP contribution in [0.3, 0.4) is 0 Å². The third-order valence-corrected chi connectivity index (χ3v) is 1.98. The van der Waals surface area contributed by atoms with Gasteiger partial charge in [0.05, 0.1) is 6.42 Å². The quantitative estimate of drug-likeness (QED) is 0.762. The van der Waals surface area contributed by atoms with E-state index in [0.29, 0.717) is 0 Å². The summed E-state index contributed by atoms with van der Waals surface area (Å²) in [6, 6.07) is -1.13. The van der Waals surface area contributed by atoms with Crippen molar-refractivity contribution < 1.29 is 27.9 Å². The molecule has 100 valence electrons. The summed E-state index contributed by atoms with van der Waals surface area (Å²) in [4.78, 5) is 21.8. The number of hydrogen-bond acceptors (Lipinski definition) is 2. The number of amides is 1. The van der Waals surface area contributed by atoms with Gasteiger partial charge in [-0.05, 0) is 12.3 Å². The zero-order chi connectivity index (χ0) is 13.6. The third-order valence-electron chi connectivity index (χ3n) is 1.98. The molecule has 17 heavy (non-hydrogen) atoms. The van der Waals surface area contributed by atoms with Crippen LogP contribution in [-0.4, -0.2) is 29.2 Å². The van der Waals surface area contributed by atoms with E-state index in [1.54, 1.807) is 13.8 Å². The van der Waals surface area contributed by atoms with Gasteiger partial charge in [0.15, 0.2) is 0 Å². The normalized spacial score (nSPS) is 13.5. The molecule has 0 aliphatic carbocycles. The number of carbonyl (C=O) groups is 2. The second kappa shape index (κ2) is 6.46. The minimum absolute atomic E-state index is 0.0269. The molecule has 0 saturated heterocycles. The first-order chi connectivity index (χ1) is 7.61. The first-order valence-electron chi connectivity index (χ1n) is 5.20. The molecule has 0 aliphatic heterocycles. The van der Waals surface area contributed by atoms with E-state index >= 15 is 0 Å². The Kier molecular flexibility index (Phi) is 5.98. The fourth-order valence-corrected chi connectivity index (χ4v) is 1.21. The van der Waals surface area contributed by atoms with E-state index in [-0.39, 0.29) is 12.3 Å². The number of carbonyl (C=O) groups excluding carboxylic acids is 1. The van der Waals surface area contributed by atoms with Crippen LogP contribution in [0.2, 0.25) is 0 Å². The lowest BCUT2D eigenvalue weighted by molar-refractivity contribution is -0.147. The molecule has 1 amide bonds. The second-order valence-corrected chi connectivity index (χ2v) is 4.20. The van der Waals surface area contributed by atoms with E-state index in [0.717, 1.165) is 0 Å². The van der Waals surface area contributed by atoms with Crippen molar-refractivity contribution in [2.45, 2.75) is 45.3 Å². The van der Waals surface area contributed by atoms with Crippen molar-refractivity contribution in [1.82, 2.24) is 5.32 Å². The van der Waals surface area contributed by atoms with Crippen LogP contribution in [0.25, 0.3) is 0 Å². The van der Waals surface area contributed by atoms with E-state index in [1.807, 2.05) is 0 Å². The number of alkyl halides is 3. The molecule has 0 aromatic heterocycles. The molecule has 0 saturated carbocycles. The van der Waals surface area contributed by atoms with Gasteiger partial charge in [-0.1, -0.05) is 13.8 Å². The molecule has 0 aromatic carbocycles. The highest BCUT2D eigenvalue weighted by Crippen LogP contribution is 2.21. The summed E-state index contributed by atoms with van der Waals surface area (Å²) in [5.74, 6) is -2.10. The van der Waals surface area contributed by atoms with Gasteiger partial charge < -0.3 is 10.4 Å². The van der Waals surface area contributed by atoms with Gasteiger partial charge in [0.1, 0.15) is 6.04 Å². The molecule has 0 aromatic rings. The molecule has 0 bridgehead atoms. The van der Waals surface area contributed by atoms with Gasteiger partial charge in [-0.15, -0.1) is 0 Å². The lowest BCUT2D eigenvalue weighted by atomic mass is 10.0. The van der Waals surface area contributed by atoms with Gasteiger partial charge in [0.25, 0.3) is 0 Å². The van der Waals surface area contributed by atoms with Crippen LogP contribution in [0.15, 0.2) is 0 Å². The highest BCUT2D eigenvalue weighted by atomic mass is 19.4. The number of aliphatic carboxylic acids is 1. The van der Waals surface area contributed by atoms with Crippen molar-refractivity contribution in [3.63, 3.8) is 0 Å². The Hall–Kier alpha value is -1.27. The Labute approximate surface area is 97.2 Å². The Morgan fingerprint density at radius 2 is 1.82 bits per heavy atom. The smallest absolute Gasteiger partial charge is 0.389 e. The molecule has 2 N–H and O–H groups in total. The summed E-state index contributed by atoms with van der Waals surface area (Å²) in [5, 5.41) is 10.8. The average Bonchev–Trinajstić information content (AvgIpc) is 2.11. The van der Waals surface area contributed by atoms with Crippen LogP contribution >= 0.6 is 0 Å². The molecule has 0 rings (SSSR count). The summed E-state index contributed by atoms with van der Waals surface area (Å²) in [7, 11) is 0. The van der Waals surface area contributed by atoms with Gasteiger partial charge >= 0.3 is 12.1 Å². The van der Waals surface area contributed by atoms with Gasteiger partial charge in [0.2, 0.25) is 5.91 Å². The SMILES string of the molecule is CC(C)C[C@H](NC(=O)CCC(F)(F)F)C(=O)O. The maximum atomic E-state index is 11.8. The standard InChI is InChI=1S/C10H16F3NO3/c1-6(2)5-7(9(16)17)14-8(15)3-4-10(11,12)13/h6-7H,3-5H2,1-2H3,(H,14,15)(H,16,17)/t7-/m0/s1. The minimum Gasteiger partial charge on any atom is -0.480 e. The maximum absolute atomic E-state index is 11.8. The van der Waals surface area contributed by atoms with E-state index in [2.05, 4.69) is 5.32 Å². The number of nitrogens with one attached hydrogen (secondary N) is 1. The molecular weight excluding hydrogens is 239 g/mol. The molecule has 4 nitrogen and oxygen atoms in total. The van der Waals surface area contributed by atoms with Crippen molar-refractivity contribution >= 4 is 11.9 Å². The molecule has 0 unspecified atom stereocenters. The van der Waals surface area contributed by atoms with Gasteiger partial charge in [0, 0.05) is 6.42 Å². The van der Waals surface area contributed by atoms with Crippen molar-refractivity contribution in [3.05, 3.63) is 0 Å². The third kappa shape index (κ3) is 8.53. The van der Waals surface area contributed by atoms with Gasteiger partial charge in [-0.2, -0.15) is 13.2 Å². The average molecular weight is 255 g/mol. The molecular formula is C10H16F3NO3. The summed E-state index contributed by atoms with van der Waals surface area (Å²) in [6.45, 7) is 3.52. The Bertz CT molecular complexity index is 276. The maximum Gasteiger partial charge on any atom is 0.389 e. The van der Waals surface area contributed by atoms with Crippen molar-refractivity contribution in [2.24, 2.45) is 5.92 Å². The monoisotopic (exact) mass is 255 g/mol. The van der Waals surface area contributed by atoms with Crippen molar-refractivity contribution in [1.29, 1.82) is 0 Å². The van der Waals surface area contributed by atoms with Crippen LogP contribution in [0.4, 0.5) is 13.2 Å². The number of carboxylic acid groups (broad SMARTS) is 1. The second-order valence-electron chi connectivity index (χ2n) is 4.20. The first kappa shape index (κ1) is 15.7. The zero-order valence-electron chi connectivity index (χ0n) is 9.67. The van der Waals surface area contributed by atoms with Crippen LogP contribution in [0, 0.1) is 5.92 Å². The summed E-state index contributed by atoms with van der Waals surface area (Å²) < 4.78 is 35.5. The topological polar surface area (TPSA) is 66.4 Å². The first-order valence-corrected chi connectivity index (χ1v) is 5.20. The number of halogens is 3. The Balaban J connectivity index is 4.18. The van der Waals surface area contributed by atoms with Crippen LogP contribution in [0.5, 0.6) is 0 Å². The molecule has 1 atom stereocenters. The highest BCUT2D eigenvalue weighted by Gasteiger charge is 2.29. The predicted octanol–water partition coefficient (Wildman–Crippen LogP) is 1.94. The van der Waals surface area contributed by atoms with Crippen LogP contribution in [0.1, 0.15) is 33.1 Å². The largest absolute Gasteiger partial charge is 0.480 e. The molecule has 0 spiro atoms. The van der Waals surface area contributed by atoms with Crippen LogP contribution < -0.4 is 5.32 Å². The molecule has 7 heteroatoms. The van der Waals surface area contributed by atoms with Gasteiger partial charge in [-0.3, -0.25) is 4.79 Å². The van der Waals surface area contributed by atoms with Gasteiger partial charge in [-0.25, -0.2) is 4.79 Å². The summed E-state index contributed by atoms with van der Waals surface area (Å²) in [5.41, 5.74) is 0.